The van der Waals surface area contributed by atoms with Crippen molar-refractivity contribution in [3.63, 3.8) is 0 Å². The number of likely N-dealkylation sites (tertiary alicyclic amines) is 1. The third kappa shape index (κ3) is 9.46. The van der Waals surface area contributed by atoms with Crippen LogP contribution < -0.4 is 26.2 Å². The van der Waals surface area contributed by atoms with Crippen LogP contribution in [0.25, 0.3) is 21.7 Å². The number of aryl methyl sites for hydroxylation is 2. The number of nitrogens with two attached hydrogens (primary N) is 1. The van der Waals surface area contributed by atoms with Crippen molar-refractivity contribution >= 4 is 40.3 Å². The van der Waals surface area contributed by atoms with E-state index in [1.54, 1.807) is 23.5 Å². The highest BCUT2D eigenvalue weighted by Gasteiger charge is 2.27. The molecule has 4 heterocycles. The molecule has 0 atom stereocenters. The van der Waals surface area contributed by atoms with E-state index in [4.69, 9.17) is 10.5 Å². The second-order valence-corrected chi connectivity index (χ2v) is 16.2. The molecule has 2 aliphatic rings. The van der Waals surface area contributed by atoms with Crippen molar-refractivity contribution in [2.24, 2.45) is 0 Å². The van der Waals surface area contributed by atoms with Gasteiger partial charge in [-0.1, -0.05) is 30.3 Å². The van der Waals surface area contributed by atoms with Crippen LogP contribution in [0.1, 0.15) is 44.0 Å². The van der Waals surface area contributed by atoms with E-state index < -0.39 is 11.7 Å². The first-order chi connectivity index (χ1) is 26.5. The third-order valence-electron chi connectivity index (χ3n) is 10.1. The van der Waals surface area contributed by atoms with E-state index in [0.29, 0.717) is 29.7 Å². The zero-order chi connectivity index (χ0) is 38.5. The molecule has 3 aromatic carbocycles. The Morgan fingerprint density at radius 3 is 2.49 bits per heavy atom. The second kappa shape index (κ2) is 16.5. The summed E-state index contributed by atoms with van der Waals surface area (Å²) >= 11 is 1.66. The first kappa shape index (κ1) is 37.9. The van der Waals surface area contributed by atoms with E-state index in [1.165, 1.54) is 21.7 Å². The maximum Gasteiger partial charge on any atom is 0.407 e. The van der Waals surface area contributed by atoms with Crippen LogP contribution in [0.2, 0.25) is 0 Å². The first-order valence-corrected chi connectivity index (χ1v) is 19.9. The van der Waals surface area contributed by atoms with E-state index in [-0.39, 0.29) is 5.75 Å². The summed E-state index contributed by atoms with van der Waals surface area (Å²) in [5.41, 5.74) is 16.6. The van der Waals surface area contributed by atoms with Crippen molar-refractivity contribution < 1.29 is 14.6 Å². The fourth-order valence-corrected chi connectivity index (χ4v) is 8.07. The van der Waals surface area contributed by atoms with Gasteiger partial charge in [-0.05, 0) is 106 Å². The zero-order valence-electron chi connectivity index (χ0n) is 32.1. The van der Waals surface area contributed by atoms with Gasteiger partial charge in [0.25, 0.3) is 0 Å². The number of aromatic hydroxyl groups is 1. The molecule has 55 heavy (non-hydrogen) atoms. The molecule has 7 rings (SSSR count). The van der Waals surface area contributed by atoms with Gasteiger partial charge >= 0.3 is 6.09 Å². The number of nitrogens with one attached hydrogen (secondary N) is 2. The van der Waals surface area contributed by atoms with Crippen LogP contribution in [0.3, 0.4) is 0 Å². The molecular weight excluding hydrogens is 711 g/mol. The summed E-state index contributed by atoms with van der Waals surface area (Å²) in [6.45, 7) is 14.4. The molecule has 2 aromatic heterocycles. The molecule has 288 valence electrons. The lowest BCUT2D eigenvalue weighted by molar-refractivity contribution is 0.0523. The minimum Gasteiger partial charge on any atom is -0.507 e. The maximum absolute atomic E-state index is 12.4. The summed E-state index contributed by atoms with van der Waals surface area (Å²) in [6.07, 6.45) is 1.54. The number of piperazine rings is 1. The molecular formula is C42H51N9O3S. The van der Waals surface area contributed by atoms with Gasteiger partial charge in [0.2, 0.25) is 0 Å². The van der Waals surface area contributed by atoms with Crippen LogP contribution >= 0.6 is 11.3 Å². The number of carbonyl (C=O) groups is 1. The van der Waals surface area contributed by atoms with Crippen LogP contribution in [0.15, 0.2) is 78.3 Å². The van der Waals surface area contributed by atoms with Gasteiger partial charge in [0.15, 0.2) is 5.82 Å². The number of amides is 1. The van der Waals surface area contributed by atoms with Crippen molar-refractivity contribution in [3.8, 4) is 27.4 Å². The lowest BCUT2D eigenvalue weighted by Gasteiger charge is -2.40. The Bertz CT molecular complexity index is 2100. The molecule has 0 aliphatic carbocycles. The normalized spacial score (nSPS) is 15.1. The predicted octanol–water partition coefficient (Wildman–Crippen LogP) is 6.94. The van der Waals surface area contributed by atoms with Crippen molar-refractivity contribution in [2.45, 2.75) is 58.7 Å². The summed E-state index contributed by atoms with van der Waals surface area (Å²) in [6, 6.07) is 24.7. The number of ether oxygens (including phenoxy) is 1. The molecule has 13 heteroatoms. The number of anilines is 4. The number of hydrogen-bond acceptors (Lipinski definition) is 12. The summed E-state index contributed by atoms with van der Waals surface area (Å²) in [7, 11) is 0. The minimum absolute atomic E-state index is 0.168. The Morgan fingerprint density at radius 2 is 1.75 bits per heavy atom. The molecule has 5 N–H and O–H groups in total. The van der Waals surface area contributed by atoms with Crippen molar-refractivity contribution in [1.82, 2.24) is 25.4 Å². The van der Waals surface area contributed by atoms with Gasteiger partial charge < -0.3 is 36.0 Å². The molecule has 0 unspecified atom stereocenters. The molecule has 2 fully saturated rings. The summed E-state index contributed by atoms with van der Waals surface area (Å²) in [5, 5.41) is 25.5. The van der Waals surface area contributed by atoms with Gasteiger partial charge in [-0.2, -0.15) is 0 Å². The lowest BCUT2D eigenvalue weighted by atomic mass is 9.98. The second-order valence-electron chi connectivity index (χ2n) is 15.4. The van der Waals surface area contributed by atoms with Gasteiger partial charge in [-0.15, -0.1) is 21.5 Å². The average molecular weight is 762 g/mol. The van der Waals surface area contributed by atoms with Crippen LogP contribution in [0, 0.1) is 6.92 Å². The lowest BCUT2D eigenvalue weighted by Crippen LogP contribution is -2.54. The van der Waals surface area contributed by atoms with Crippen LogP contribution in [0.5, 0.6) is 5.75 Å². The number of rotatable bonds is 12. The van der Waals surface area contributed by atoms with Gasteiger partial charge in [0.1, 0.15) is 11.4 Å². The standard InChI is InChI=1S/C42H51N9O3S/c1-28-39(55-27-45-28)30-14-15-31(24-44-41(53)54-42(2,3)4)29(21-30)9-8-16-49-25-33(26-49)46-32-10-7-11-34(22-32)50-17-19-51(20-18-50)37-23-36(47-48-40(37)43)35-12-5-6-13-38(35)52/h5-7,10-15,21-23,27,33,46,52H,8-9,16-20,24-26H2,1-4H3,(H2,43,48)(H,44,53). The molecule has 1 amide bonds. The molecule has 0 radical (unpaired) electrons. The van der Waals surface area contributed by atoms with Crippen molar-refractivity contribution in [1.29, 1.82) is 0 Å². The number of thiazole rings is 1. The van der Waals surface area contributed by atoms with Gasteiger partial charge in [0, 0.05) is 62.8 Å². The number of para-hydroxylation sites is 1. The maximum atomic E-state index is 12.4. The molecule has 12 nitrogen and oxygen atoms in total. The third-order valence-corrected chi connectivity index (χ3v) is 11.1. The largest absolute Gasteiger partial charge is 0.507 e. The van der Waals surface area contributed by atoms with Crippen molar-refractivity contribution in [2.75, 3.05) is 66.7 Å². The highest BCUT2D eigenvalue weighted by atomic mass is 32.1. The number of phenols is 1. The number of nitrogens with zero attached hydrogens (tertiary/aromatic N) is 6. The Kier molecular flexibility index (Phi) is 11.4. The van der Waals surface area contributed by atoms with Gasteiger partial charge in [-0.3, -0.25) is 4.90 Å². The fraction of sp³-hybridized carbons (Fsp3) is 0.381. The molecule has 5 aromatic rings. The van der Waals surface area contributed by atoms with E-state index in [1.807, 2.05) is 51.4 Å². The van der Waals surface area contributed by atoms with Gasteiger partial charge in [0.05, 0.1) is 33.5 Å². The summed E-state index contributed by atoms with van der Waals surface area (Å²) < 4.78 is 5.48. The fourth-order valence-electron chi connectivity index (χ4n) is 7.27. The minimum atomic E-state index is -0.541. The van der Waals surface area contributed by atoms with E-state index in [0.717, 1.165) is 81.3 Å². The first-order valence-electron chi connectivity index (χ1n) is 19.0. The number of nitrogen functional groups attached to an aromatic ring is 1. The Balaban J connectivity index is 0.894. The SMILES string of the molecule is Cc1ncsc1-c1ccc(CNC(=O)OC(C)(C)C)c(CCCN2CC(Nc3cccc(N4CCN(c5cc(-c6ccccc6O)nnc5N)CC4)c3)C2)c1. The van der Waals surface area contributed by atoms with Gasteiger partial charge in [-0.25, -0.2) is 9.78 Å². The highest BCUT2D eigenvalue weighted by molar-refractivity contribution is 7.13. The molecule has 0 bridgehead atoms. The van der Waals surface area contributed by atoms with Crippen LogP contribution in [0.4, 0.5) is 27.7 Å². The zero-order valence-corrected chi connectivity index (χ0v) is 32.9. The van der Waals surface area contributed by atoms with Crippen LogP contribution in [-0.2, 0) is 17.7 Å². The highest BCUT2D eigenvalue weighted by Crippen LogP contribution is 2.33. The number of aromatic nitrogens is 3. The summed E-state index contributed by atoms with van der Waals surface area (Å²) in [5.74, 6) is 0.559. The number of benzene rings is 3. The number of hydrogen-bond donors (Lipinski definition) is 4. The smallest absolute Gasteiger partial charge is 0.407 e. The monoisotopic (exact) mass is 761 g/mol. The predicted molar refractivity (Wildman–Crippen MR) is 222 cm³/mol. The number of alkyl carbamates (subject to hydrolysis) is 1. The van der Waals surface area contributed by atoms with Crippen LogP contribution in [-0.4, -0.2) is 88.7 Å². The quantitative estimate of drug-likeness (QED) is 0.105. The Morgan fingerprint density at radius 1 is 0.964 bits per heavy atom. The Hall–Kier alpha value is -5.40. The molecule has 0 saturated carbocycles. The Labute approximate surface area is 327 Å². The number of carbonyl (C=O) groups excluding carboxylic acids is 1. The molecule has 2 aliphatic heterocycles. The molecule has 0 spiro atoms. The number of phenolic OH excluding ortho intramolecular Hbond substituents is 1. The van der Waals surface area contributed by atoms with E-state index >= 15 is 0 Å². The average Bonchev–Trinajstić information content (AvgIpc) is 3.58. The van der Waals surface area contributed by atoms with Crippen molar-refractivity contribution in [3.05, 3.63) is 95.1 Å². The van der Waals surface area contributed by atoms with E-state index in [2.05, 4.69) is 83.0 Å². The summed E-state index contributed by atoms with van der Waals surface area (Å²) in [4.78, 5) is 25.2. The topological polar surface area (TPSA) is 145 Å². The van der Waals surface area contributed by atoms with E-state index in [9.17, 15) is 9.90 Å². The molecule has 2 saturated heterocycles.